The maximum Gasteiger partial charge on any atom is 0.351 e. The van der Waals surface area contributed by atoms with Crippen LogP contribution in [0.1, 0.15) is 95.2 Å². The number of nitrogens with one attached hydrogen (secondary N) is 7. The van der Waals surface area contributed by atoms with E-state index >= 15 is 0 Å². The zero-order valence-corrected chi connectivity index (χ0v) is 78.2. The molecule has 0 radical (unpaired) electrons. The Kier molecular flexibility index (Phi) is 29.3. The monoisotopic (exact) mass is 1810 g/mol. The third-order valence-electron chi connectivity index (χ3n) is 22.1. The van der Waals surface area contributed by atoms with Crippen LogP contribution in [0.15, 0.2) is 288 Å². The molecule has 684 valence electrons. The van der Waals surface area contributed by atoms with Crippen molar-refractivity contribution in [2.75, 3.05) is 46.1 Å². The van der Waals surface area contributed by atoms with E-state index in [-0.39, 0.29) is 58.7 Å². The first-order chi connectivity index (χ1) is 65.3. The molecule has 0 atom stereocenters. The van der Waals surface area contributed by atoms with Gasteiger partial charge in [-0.25, -0.2) is 4.79 Å². The van der Waals surface area contributed by atoms with Crippen molar-refractivity contribution in [2.45, 2.75) is 104 Å². The van der Waals surface area contributed by atoms with Crippen molar-refractivity contribution in [3.63, 3.8) is 0 Å². The van der Waals surface area contributed by atoms with Crippen molar-refractivity contribution in [2.24, 2.45) is 40.9 Å². The molecule has 0 aliphatic rings. The number of fused-ring (bicyclic) bond motifs is 4. The molecule has 0 aliphatic heterocycles. The van der Waals surface area contributed by atoms with Gasteiger partial charge >= 0.3 is 11.7 Å². The number of nitrogens with zero attached hydrogens (tertiary/aromatic N) is 13. The molecule has 2 amide bonds. The number of aromatic amines is 1. The van der Waals surface area contributed by atoms with Gasteiger partial charge in [-0.2, -0.15) is 45.4 Å². The quantitative estimate of drug-likeness (QED) is 0.0298. The fourth-order valence-corrected chi connectivity index (χ4v) is 15.3. The summed E-state index contributed by atoms with van der Waals surface area (Å²) in [6.07, 6.45) is 0. The molecule has 11 N–H and O–H groups in total. The number of carbonyl (C=O) groups is 2. The summed E-state index contributed by atoms with van der Waals surface area (Å²) < 4.78 is 10.5. The summed E-state index contributed by atoms with van der Waals surface area (Å²) in [6.45, 7) is 28.6. The van der Waals surface area contributed by atoms with Crippen LogP contribution in [0.5, 0.6) is 34.8 Å². The number of hydrogen-bond donors (Lipinski definition) is 11. The van der Waals surface area contributed by atoms with E-state index in [1.165, 1.54) is 14.0 Å². The number of carbonyl (C=O) groups excluding carboxylic acids is 2. The molecule has 2 heterocycles. The molecule has 17 rings (SSSR count). The Labute approximate surface area is 785 Å². The lowest BCUT2D eigenvalue weighted by Gasteiger charge is -2.15. The number of hydrogen-bond acceptors (Lipinski definition) is 26. The molecule has 136 heavy (non-hydrogen) atoms. The fraction of sp³-hybridized carbons (Fsp3) is 0.159. The maximum atomic E-state index is 12.7. The molecule has 29 nitrogen and oxygen atoms in total. The van der Waals surface area contributed by atoms with E-state index in [1.54, 1.807) is 19.2 Å². The number of rotatable bonds is 21. The number of aryl methyl sites for hydroxylation is 14. The molecule has 0 bridgehead atoms. The lowest BCUT2D eigenvalue weighted by molar-refractivity contribution is -0.114. The van der Waals surface area contributed by atoms with Gasteiger partial charge in [0.25, 0.3) is 5.91 Å². The van der Waals surface area contributed by atoms with E-state index in [0.29, 0.717) is 84.2 Å². The van der Waals surface area contributed by atoms with Crippen molar-refractivity contribution in [3.05, 3.63) is 337 Å². The molecule has 17 aromatic rings. The number of azo groups is 4. The highest BCUT2D eigenvalue weighted by Crippen LogP contribution is 2.49. The van der Waals surface area contributed by atoms with Gasteiger partial charge in [0.15, 0.2) is 23.0 Å². The van der Waals surface area contributed by atoms with Gasteiger partial charge in [-0.15, -0.1) is 20.5 Å². The van der Waals surface area contributed by atoms with Crippen LogP contribution in [0.3, 0.4) is 0 Å². The predicted octanol–water partition coefficient (Wildman–Crippen LogP) is 28.0. The molecule has 2 aromatic heterocycles. The summed E-state index contributed by atoms with van der Waals surface area (Å²) in [4.78, 5) is 60.9. The minimum absolute atomic E-state index is 0.00399. The highest BCUT2D eigenvalue weighted by Gasteiger charge is 2.23. The summed E-state index contributed by atoms with van der Waals surface area (Å²) in [6, 6.07) is 76.4. The van der Waals surface area contributed by atoms with Crippen molar-refractivity contribution < 1.29 is 39.5 Å². The molecule has 0 aliphatic carbocycles. The molecule has 0 saturated carbocycles. The number of para-hydroxylation sites is 1. The van der Waals surface area contributed by atoms with Crippen LogP contribution in [0.25, 0.3) is 43.1 Å². The summed E-state index contributed by atoms with van der Waals surface area (Å²) in [5.74, 6) is 1.19. The Balaban J connectivity index is 0.000000146. The first-order valence-electron chi connectivity index (χ1n) is 43.5. The van der Waals surface area contributed by atoms with E-state index in [4.69, 9.17) is 9.47 Å². The molecule has 0 fully saturated rings. The van der Waals surface area contributed by atoms with Crippen LogP contribution in [0.4, 0.5) is 103 Å². The molecule has 0 spiro atoms. The lowest BCUT2D eigenvalue weighted by atomic mass is 10.00. The number of anilines is 10. The van der Waals surface area contributed by atoms with Gasteiger partial charge < -0.3 is 61.8 Å². The number of H-pyrrole nitrogens is 1. The lowest BCUT2D eigenvalue weighted by Crippen LogP contribution is -2.16. The summed E-state index contributed by atoms with van der Waals surface area (Å²) in [5, 5.41) is 104. The summed E-state index contributed by atoms with van der Waals surface area (Å²) in [5.41, 5.74) is 21.4. The Morgan fingerprint density at radius 1 is 0.316 bits per heavy atom. The second-order valence-corrected chi connectivity index (χ2v) is 33.0. The second-order valence-electron chi connectivity index (χ2n) is 33.0. The second kappa shape index (κ2) is 42.2. The standard InChI is InChI=1S/C30H29N7O2.C29H27N7O2.C26H23N3O2.C22H23N3O3/c1-17-10-12-22(13-11-17)31-28-33-29(35-30(34-28)39-5)32-24-15-18(2)14-21-16-20(4)26(27(38)25(21)24)37-36-23-9-7-6-8-19(23)3;1-16-13-20-15-19(4)25(36-35-22-12-8-6-10-18(22)3)26(37)24(20)23(14-16)31-28-32-27(33-29(38)34-28)30-21-11-7-5-9-17(21)2;1-16-13-20-15-18(3)24(29-28-21-12-8-7-9-17(21)2)25(30)23(20)22(14-16)27-26(31)19-10-5-4-6-11-19;1-12-8-16-10-14(3)21(22(27)20(16)19(9-12)23-15(4)26)25-24-18-7-6-17(28-5)11-13(18)2/h6-16,38H,1-5H3,(H2,31,32,33,34,35);5-15,37H,1-4H3,(H3,30,31,32,33,34,38);4-15,30H,1-3H3,(H,27,31);6-11,27H,1-5H3,(H,23,26). The van der Waals surface area contributed by atoms with Crippen LogP contribution >= 0.6 is 0 Å². The maximum absolute atomic E-state index is 12.7. The fourth-order valence-electron chi connectivity index (χ4n) is 15.3. The van der Waals surface area contributed by atoms with Crippen molar-refractivity contribution in [1.29, 1.82) is 0 Å². The van der Waals surface area contributed by atoms with Crippen LogP contribution < -0.4 is 47.1 Å². The number of amides is 2. The van der Waals surface area contributed by atoms with Crippen LogP contribution in [0, 0.1) is 96.9 Å². The van der Waals surface area contributed by atoms with Crippen LogP contribution in [-0.2, 0) is 4.79 Å². The first kappa shape index (κ1) is 94.6. The highest BCUT2D eigenvalue weighted by molar-refractivity contribution is 6.13. The summed E-state index contributed by atoms with van der Waals surface area (Å²) in [7, 11) is 3.11. The first-order valence-corrected chi connectivity index (χ1v) is 43.5. The average molecular weight is 1810 g/mol. The van der Waals surface area contributed by atoms with E-state index in [1.807, 2.05) is 327 Å². The third kappa shape index (κ3) is 22.7. The number of aromatic nitrogens is 6. The Morgan fingerprint density at radius 2 is 0.691 bits per heavy atom. The van der Waals surface area contributed by atoms with Crippen LogP contribution in [0.2, 0.25) is 0 Å². The van der Waals surface area contributed by atoms with Gasteiger partial charge in [-0.3, -0.25) is 14.6 Å². The van der Waals surface area contributed by atoms with E-state index in [2.05, 4.69) is 103 Å². The predicted molar refractivity (Wildman–Crippen MR) is 542 cm³/mol. The van der Waals surface area contributed by atoms with Gasteiger partial charge in [0, 0.05) is 45.4 Å². The zero-order chi connectivity index (χ0) is 96.7. The van der Waals surface area contributed by atoms with E-state index in [9.17, 15) is 34.8 Å². The Morgan fingerprint density at radius 3 is 1.11 bits per heavy atom. The van der Waals surface area contributed by atoms with Gasteiger partial charge in [-0.1, -0.05) is 133 Å². The van der Waals surface area contributed by atoms with Crippen LogP contribution in [-0.4, -0.2) is 76.4 Å². The normalized spacial score (nSPS) is 11.2. The van der Waals surface area contributed by atoms with E-state index < -0.39 is 5.69 Å². The van der Waals surface area contributed by atoms with Gasteiger partial charge in [0.1, 0.15) is 28.5 Å². The van der Waals surface area contributed by atoms with Gasteiger partial charge in [0.2, 0.25) is 29.7 Å². The number of phenols is 4. The number of phenolic OH excluding ortho intramolecular Hbond substituents is 4. The Bertz CT molecular complexity index is 7650. The van der Waals surface area contributed by atoms with Crippen molar-refractivity contribution in [3.8, 4) is 34.8 Å². The average Bonchev–Trinajstić information content (AvgIpc) is 0.791. The minimum atomic E-state index is -0.566. The highest BCUT2D eigenvalue weighted by atomic mass is 16.5. The van der Waals surface area contributed by atoms with Crippen molar-refractivity contribution >= 4 is 158 Å². The molecule has 29 heteroatoms. The SMILES string of the molecule is COc1ccc(N=Nc2c(C)cc3cc(C)cc(NC(C)=O)c3c2O)c(C)c1.COc1nc(Nc2ccc(C)cc2)nc(Nc2cc(C)cc3cc(C)c(N=Nc4ccccc4C)c(O)c23)n1.Cc1cc(NC(=O)c2ccccc2)c2c(O)c(N=Nc3ccccc3C)c(C)cc2c1.Cc1cc(Nc2nc(Nc3ccccc3C)nc(=O)[nH]2)c2c(O)c(N=Nc3ccccc3C)c(C)cc2c1. The molecular weight excluding hydrogens is 1710 g/mol. The molecule has 0 unspecified atom stereocenters. The minimum Gasteiger partial charge on any atom is -0.505 e. The largest absolute Gasteiger partial charge is 0.505 e. The number of aromatic hydroxyl groups is 4. The summed E-state index contributed by atoms with van der Waals surface area (Å²) >= 11 is 0. The van der Waals surface area contributed by atoms with Gasteiger partial charge in [-0.05, 0) is 306 Å². The third-order valence-corrected chi connectivity index (χ3v) is 22.1. The number of methoxy groups -OCH3 is 2. The molecule has 0 saturated heterocycles. The molecular formula is C107H102N20O9. The number of ether oxygens (including phenoxy) is 2. The smallest absolute Gasteiger partial charge is 0.351 e. The zero-order valence-electron chi connectivity index (χ0n) is 78.2. The van der Waals surface area contributed by atoms with Gasteiger partial charge in [0.05, 0.1) is 59.7 Å². The topological polar surface area (TPSA) is 402 Å². The molecule has 15 aromatic carbocycles. The van der Waals surface area contributed by atoms with Crippen molar-refractivity contribution in [1.82, 2.24) is 29.9 Å². The van der Waals surface area contributed by atoms with E-state index in [0.717, 1.165) is 134 Å². The Hall–Kier alpha value is -17.5. The number of benzene rings is 15.